The lowest BCUT2D eigenvalue weighted by atomic mass is 10.2. The first-order chi connectivity index (χ1) is 9.30. The highest BCUT2D eigenvalue weighted by molar-refractivity contribution is 8.01. The first-order valence-electron chi connectivity index (χ1n) is 6.04. The van der Waals surface area contributed by atoms with Gasteiger partial charge in [0.1, 0.15) is 10.9 Å². The summed E-state index contributed by atoms with van der Waals surface area (Å²) in [6, 6.07) is 1.64. The number of hydrogen-bond acceptors (Lipinski definition) is 6. The van der Waals surface area contributed by atoms with Crippen LogP contribution in [0.4, 0.5) is 5.69 Å². The predicted octanol–water partition coefficient (Wildman–Crippen LogP) is 1.01. The molecule has 8 heteroatoms. The van der Waals surface area contributed by atoms with Crippen LogP contribution < -0.4 is 4.90 Å². The normalized spacial score (nSPS) is 19.9. The molecule has 0 spiro atoms. The Kier molecular flexibility index (Phi) is 4.24. The van der Waals surface area contributed by atoms with Gasteiger partial charge >= 0.3 is 5.97 Å². The molecule has 2 rings (SSSR count). The molecule has 1 atom stereocenters. The summed E-state index contributed by atoms with van der Waals surface area (Å²) in [6.45, 7) is 2.26. The lowest BCUT2D eigenvalue weighted by Gasteiger charge is -2.36. The zero-order valence-corrected chi connectivity index (χ0v) is 12.9. The van der Waals surface area contributed by atoms with Crippen molar-refractivity contribution in [2.75, 3.05) is 29.2 Å². The van der Waals surface area contributed by atoms with Gasteiger partial charge in [0.2, 0.25) is 0 Å². The number of thioether (sulfide) groups is 1. The Morgan fingerprint density at radius 3 is 2.85 bits per heavy atom. The number of pyridine rings is 1. The summed E-state index contributed by atoms with van der Waals surface area (Å²) >= 11 is 1.56. The summed E-state index contributed by atoms with van der Waals surface area (Å²) < 4.78 is 23.8. The molecular weight excluding hydrogens is 300 g/mol. The van der Waals surface area contributed by atoms with E-state index < -0.39 is 21.2 Å². The fraction of sp³-hybridized carbons (Fsp3) is 0.500. The molecule has 1 aromatic rings. The fourth-order valence-corrected chi connectivity index (χ4v) is 4.99. The van der Waals surface area contributed by atoms with Crippen molar-refractivity contribution in [3.8, 4) is 0 Å². The van der Waals surface area contributed by atoms with Crippen LogP contribution in [0, 0.1) is 6.92 Å². The lowest BCUT2D eigenvalue weighted by Crippen LogP contribution is -2.47. The third-order valence-electron chi connectivity index (χ3n) is 3.14. The van der Waals surface area contributed by atoms with Gasteiger partial charge in [0, 0.05) is 36.2 Å². The maximum Gasteiger partial charge on any atom is 0.339 e. The van der Waals surface area contributed by atoms with Crippen LogP contribution in [0.25, 0.3) is 0 Å². The topological polar surface area (TPSA) is 87.6 Å². The van der Waals surface area contributed by atoms with E-state index >= 15 is 0 Å². The van der Waals surface area contributed by atoms with E-state index in [1.165, 1.54) is 12.5 Å². The van der Waals surface area contributed by atoms with Crippen molar-refractivity contribution >= 4 is 33.3 Å². The smallest absolute Gasteiger partial charge is 0.339 e. The van der Waals surface area contributed by atoms with Crippen molar-refractivity contribution in [1.29, 1.82) is 0 Å². The van der Waals surface area contributed by atoms with Crippen LogP contribution in [0.5, 0.6) is 0 Å². The average molecular weight is 316 g/mol. The number of anilines is 1. The van der Waals surface area contributed by atoms with Crippen LogP contribution in [-0.2, 0) is 9.84 Å². The quantitative estimate of drug-likeness (QED) is 0.890. The van der Waals surface area contributed by atoms with Crippen molar-refractivity contribution in [3.63, 3.8) is 0 Å². The molecule has 0 amide bonds. The van der Waals surface area contributed by atoms with Crippen LogP contribution >= 0.6 is 11.8 Å². The second-order valence-corrected chi connectivity index (χ2v) is 8.05. The minimum atomic E-state index is -3.29. The molecular formula is C12H16N2O4S2. The van der Waals surface area contributed by atoms with Crippen LogP contribution in [-0.4, -0.2) is 54.2 Å². The number of aromatic carboxylic acids is 1. The Morgan fingerprint density at radius 1 is 1.55 bits per heavy atom. The van der Waals surface area contributed by atoms with Gasteiger partial charge in [-0.2, -0.15) is 11.8 Å². The number of aryl methyl sites for hydroxylation is 1. The van der Waals surface area contributed by atoms with Gasteiger partial charge in [-0.05, 0) is 13.0 Å². The molecule has 0 saturated carbocycles. The van der Waals surface area contributed by atoms with Crippen molar-refractivity contribution < 1.29 is 18.3 Å². The SMILES string of the molecule is Cc1cc(N2CCSCC2S(C)(=O)=O)c(C(=O)O)cn1. The molecule has 1 unspecified atom stereocenters. The van der Waals surface area contributed by atoms with Gasteiger partial charge in [-0.25, -0.2) is 13.2 Å². The maximum atomic E-state index is 11.9. The molecule has 0 aromatic carbocycles. The number of hydrogen-bond donors (Lipinski definition) is 1. The molecule has 2 heterocycles. The van der Waals surface area contributed by atoms with Gasteiger partial charge in [0.05, 0.1) is 5.69 Å². The van der Waals surface area contributed by atoms with E-state index in [1.807, 2.05) is 0 Å². The molecule has 110 valence electrons. The number of sulfone groups is 1. The van der Waals surface area contributed by atoms with Crippen molar-refractivity contribution in [1.82, 2.24) is 4.98 Å². The number of aromatic nitrogens is 1. The highest BCUT2D eigenvalue weighted by Gasteiger charge is 2.33. The zero-order chi connectivity index (χ0) is 14.9. The standard InChI is InChI=1S/C12H16N2O4S2/c1-8-5-10(9(6-13-8)12(15)16)14-3-4-19-7-11(14)20(2,17)18/h5-6,11H,3-4,7H2,1-2H3,(H,15,16). The highest BCUT2D eigenvalue weighted by Crippen LogP contribution is 2.29. The van der Waals surface area contributed by atoms with Gasteiger partial charge in [-0.3, -0.25) is 4.98 Å². The molecule has 1 fully saturated rings. The Labute approximate surface area is 122 Å². The van der Waals surface area contributed by atoms with Gasteiger partial charge in [-0.1, -0.05) is 0 Å². The molecule has 1 aliphatic rings. The molecule has 0 radical (unpaired) electrons. The van der Waals surface area contributed by atoms with E-state index in [1.54, 1.807) is 29.7 Å². The summed E-state index contributed by atoms with van der Waals surface area (Å²) in [4.78, 5) is 17.0. The largest absolute Gasteiger partial charge is 0.478 e. The van der Waals surface area contributed by atoms with E-state index in [0.29, 0.717) is 23.7 Å². The predicted molar refractivity (Wildman–Crippen MR) is 79.2 cm³/mol. The van der Waals surface area contributed by atoms with Crippen molar-refractivity contribution in [3.05, 3.63) is 23.5 Å². The zero-order valence-electron chi connectivity index (χ0n) is 11.2. The molecule has 0 bridgehead atoms. The van der Waals surface area contributed by atoms with Crippen LogP contribution in [0.3, 0.4) is 0 Å². The number of rotatable bonds is 3. The van der Waals surface area contributed by atoms with Gasteiger partial charge in [-0.15, -0.1) is 0 Å². The average Bonchev–Trinajstić information content (AvgIpc) is 2.37. The number of carboxylic acids is 1. The summed E-state index contributed by atoms with van der Waals surface area (Å²) in [7, 11) is -3.29. The highest BCUT2D eigenvalue weighted by atomic mass is 32.2. The lowest BCUT2D eigenvalue weighted by molar-refractivity contribution is 0.0697. The van der Waals surface area contributed by atoms with Crippen molar-refractivity contribution in [2.45, 2.75) is 12.3 Å². The summed E-state index contributed by atoms with van der Waals surface area (Å²) in [6.07, 6.45) is 2.47. The van der Waals surface area contributed by atoms with E-state index in [-0.39, 0.29) is 5.56 Å². The Bertz CT molecular complexity index is 630. The maximum absolute atomic E-state index is 11.9. The fourth-order valence-electron chi connectivity index (χ4n) is 2.16. The first-order valence-corrected chi connectivity index (χ1v) is 9.15. The number of carboxylic acid groups (broad SMARTS) is 1. The molecule has 1 aromatic heterocycles. The number of carbonyl (C=O) groups is 1. The van der Waals surface area contributed by atoms with E-state index in [9.17, 15) is 18.3 Å². The minimum absolute atomic E-state index is 0.0381. The van der Waals surface area contributed by atoms with Gasteiger partial charge < -0.3 is 10.0 Å². The summed E-state index contributed by atoms with van der Waals surface area (Å²) in [5.74, 6) is 0.115. The Morgan fingerprint density at radius 2 is 2.25 bits per heavy atom. The molecule has 0 aliphatic carbocycles. The van der Waals surface area contributed by atoms with Crippen molar-refractivity contribution in [2.24, 2.45) is 0 Å². The van der Waals surface area contributed by atoms with Crippen LogP contribution in [0.2, 0.25) is 0 Å². The molecule has 1 aliphatic heterocycles. The van der Waals surface area contributed by atoms with Gasteiger partial charge in [0.25, 0.3) is 0 Å². The van der Waals surface area contributed by atoms with Crippen LogP contribution in [0.15, 0.2) is 12.3 Å². The van der Waals surface area contributed by atoms with Gasteiger partial charge in [0.15, 0.2) is 9.84 Å². The molecule has 1 N–H and O–H groups in total. The third kappa shape index (κ3) is 3.06. The minimum Gasteiger partial charge on any atom is -0.478 e. The molecule has 6 nitrogen and oxygen atoms in total. The van der Waals surface area contributed by atoms with Crippen LogP contribution in [0.1, 0.15) is 16.1 Å². The number of nitrogens with zero attached hydrogens (tertiary/aromatic N) is 2. The van der Waals surface area contributed by atoms with E-state index in [4.69, 9.17) is 0 Å². The van der Waals surface area contributed by atoms with E-state index in [2.05, 4.69) is 4.98 Å². The molecule has 1 saturated heterocycles. The Balaban J connectivity index is 2.52. The Hall–Kier alpha value is -1.28. The molecule has 20 heavy (non-hydrogen) atoms. The second-order valence-electron chi connectivity index (χ2n) is 4.70. The summed E-state index contributed by atoms with van der Waals surface area (Å²) in [5.41, 5.74) is 1.13. The van der Waals surface area contributed by atoms with E-state index in [0.717, 1.165) is 5.75 Å². The first kappa shape index (κ1) is 15.1. The third-order valence-corrected chi connectivity index (χ3v) is 5.78. The second kappa shape index (κ2) is 5.61. The monoisotopic (exact) mass is 316 g/mol. The summed E-state index contributed by atoms with van der Waals surface area (Å²) in [5, 5.41) is 8.56.